The van der Waals surface area contributed by atoms with Gasteiger partial charge in [-0.2, -0.15) is 0 Å². The molecule has 0 atom stereocenters. The van der Waals surface area contributed by atoms with E-state index in [0.717, 1.165) is 30.7 Å². The normalized spacial score (nSPS) is 39.7. The van der Waals surface area contributed by atoms with Gasteiger partial charge in [0.25, 0.3) is 0 Å². The van der Waals surface area contributed by atoms with E-state index in [-0.39, 0.29) is 0 Å². The first kappa shape index (κ1) is 11.9. The van der Waals surface area contributed by atoms with Crippen molar-refractivity contribution < 1.29 is 0 Å². The van der Waals surface area contributed by atoms with Gasteiger partial charge in [-0.3, -0.25) is 4.98 Å². The molecule has 1 aromatic rings. The molecule has 1 aromatic heterocycles. The minimum atomic E-state index is 0.466. The molecule has 0 spiro atoms. The van der Waals surface area contributed by atoms with Crippen LogP contribution in [0.4, 0.5) is 0 Å². The van der Waals surface area contributed by atoms with Crippen molar-refractivity contribution in [1.29, 1.82) is 0 Å². The van der Waals surface area contributed by atoms with Crippen LogP contribution < -0.4 is 5.73 Å². The van der Waals surface area contributed by atoms with Gasteiger partial charge in [-0.15, -0.1) is 0 Å². The maximum Gasteiger partial charge on any atom is 0.0453 e. The summed E-state index contributed by atoms with van der Waals surface area (Å²) in [7, 11) is 0. The molecule has 1 heterocycles. The number of pyridine rings is 1. The van der Waals surface area contributed by atoms with E-state index in [2.05, 4.69) is 17.1 Å². The second-order valence-electron chi connectivity index (χ2n) is 7.23. The highest BCUT2D eigenvalue weighted by atomic mass is 14.7. The molecule has 5 rings (SSSR count). The van der Waals surface area contributed by atoms with E-state index < -0.39 is 0 Å². The van der Waals surface area contributed by atoms with Crippen LogP contribution in [0.2, 0.25) is 0 Å². The van der Waals surface area contributed by atoms with Crippen molar-refractivity contribution in [2.24, 2.45) is 23.5 Å². The van der Waals surface area contributed by atoms with Crippen LogP contribution in [0.5, 0.6) is 0 Å². The van der Waals surface area contributed by atoms with Crippen LogP contribution in [0.3, 0.4) is 0 Å². The number of hydrogen-bond acceptors (Lipinski definition) is 2. The Kier molecular flexibility index (Phi) is 2.70. The van der Waals surface area contributed by atoms with Crippen molar-refractivity contribution in [2.75, 3.05) is 6.54 Å². The Balaban J connectivity index is 1.75. The van der Waals surface area contributed by atoms with Crippen molar-refractivity contribution in [3.63, 3.8) is 0 Å². The number of rotatable bonds is 3. The lowest BCUT2D eigenvalue weighted by atomic mass is 9.48. The van der Waals surface area contributed by atoms with E-state index in [1.165, 1.54) is 44.2 Å². The van der Waals surface area contributed by atoms with Crippen LogP contribution in [-0.4, -0.2) is 11.5 Å². The van der Waals surface area contributed by atoms with Gasteiger partial charge in [0.1, 0.15) is 0 Å². The number of nitrogens with two attached hydrogens (primary N) is 1. The summed E-state index contributed by atoms with van der Waals surface area (Å²) in [5.74, 6) is 2.99. The highest BCUT2D eigenvalue weighted by molar-refractivity contribution is 5.33. The molecule has 2 heteroatoms. The molecular weight excluding hydrogens is 232 g/mol. The number of aromatic nitrogens is 1. The van der Waals surface area contributed by atoms with Gasteiger partial charge in [0.15, 0.2) is 0 Å². The summed E-state index contributed by atoms with van der Waals surface area (Å²) in [5.41, 5.74) is 9.09. The van der Waals surface area contributed by atoms with Crippen molar-refractivity contribution in [3.05, 3.63) is 29.6 Å². The van der Waals surface area contributed by atoms with Gasteiger partial charge < -0.3 is 5.73 Å². The van der Waals surface area contributed by atoms with Crippen molar-refractivity contribution >= 4 is 0 Å². The molecule has 102 valence electrons. The van der Waals surface area contributed by atoms with Crippen LogP contribution in [-0.2, 0) is 11.8 Å². The minimum absolute atomic E-state index is 0.466. The second-order valence-corrected chi connectivity index (χ2v) is 7.23. The van der Waals surface area contributed by atoms with E-state index in [9.17, 15) is 0 Å². The van der Waals surface area contributed by atoms with Gasteiger partial charge in [0.2, 0.25) is 0 Å². The zero-order valence-electron chi connectivity index (χ0n) is 11.6. The molecular formula is C17H24N2. The zero-order chi connectivity index (χ0) is 12.9. The summed E-state index contributed by atoms with van der Waals surface area (Å²) < 4.78 is 0. The Morgan fingerprint density at radius 1 is 1.11 bits per heavy atom. The highest BCUT2D eigenvalue weighted by Gasteiger charge is 2.52. The average Bonchev–Trinajstić information content (AvgIpc) is 2.38. The van der Waals surface area contributed by atoms with E-state index >= 15 is 0 Å². The largest absolute Gasteiger partial charge is 0.330 e. The molecule has 0 aromatic carbocycles. The molecule has 0 aliphatic heterocycles. The fourth-order valence-corrected chi connectivity index (χ4v) is 5.70. The van der Waals surface area contributed by atoms with Gasteiger partial charge in [-0.05, 0) is 79.9 Å². The van der Waals surface area contributed by atoms with E-state index in [1.807, 2.05) is 6.20 Å². The smallest absolute Gasteiger partial charge is 0.0453 e. The van der Waals surface area contributed by atoms with E-state index in [4.69, 9.17) is 5.73 Å². The fraction of sp³-hybridized carbons (Fsp3) is 0.706. The Morgan fingerprint density at radius 3 is 2.32 bits per heavy atom. The monoisotopic (exact) mass is 256 g/mol. The quantitative estimate of drug-likeness (QED) is 0.902. The third-order valence-corrected chi connectivity index (χ3v) is 5.88. The maximum atomic E-state index is 5.78. The van der Waals surface area contributed by atoms with E-state index in [1.54, 1.807) is 5.56 Å². The first-order valence-electron chi connectivity index (χ1n) is 7.93. The van der Waals surface area contributed by atoms with Gasteiger partial charge in [0, 0.05) is 18.3 Å². The molecule has 0 saturated heterocycles. The molecule has 4 aliphatic carbocycles. The van der Waals surface area contributed by atoms with Gasteiger partial charge >= 0.3 is 0 Å². The molecule has 0 unspecified atom stereocenters. The second kappa shape index (κ2) is 4.31. The lowest BCUT2D eigenvalue weighted by Gasteiger charge is -2.57. The van der Waals surface area contributed by atoms with E-state index in [0.29, 0.717) is 5.41 Å². The third kappa shape index (κ3) is 1.84. The lowest BCUT2D eigenvalue weighted by Crippen LogP contribution is -2.49. The highest BCUT2D eigenvalue weighted by Crippen LogP contribution is 2.60. The maximum absolute atomic E-state index is 5.78. The summed E-state index contributed by atoms with van der Waals surface area (Å²) >= 11 is 0. The standard InChI is InChI=1S/C17H24N2/c18-4-3-16-15(2-1-5-19-16)17-9-12-6-13(10-17)8-14(7-12)11-17/h1-2,5,12-14H,3-4,6-11,18H2. The predicted molar refractivity (Wildman–Crippen MR) is 76.8 cm³/mol. The van der Waals surface area contributed by atoms with Crippen LogP contribution in [0.1, 0.15) is 49.8 Å². The van der Waals surface area contributed by atoms with Gasteiger partial charge in [0.05, 0.1) is 0 Å². The Hall–Kier alpha value is -0.890. The molecule has 4 bridgehead atoms. The zero-order valence-corrected chi connectivity index (χ0v) is 11.6. The molecule has 19 heavy (non-hydrogen) atoms. The summed E-state index contributed by atoms with van der Waals surface area (Å²) in [6.07, 6.45) is 11.7. The Bertz CT molecular complexity index is 445. The van der Waals surface area contributed by atoms with Gasteiger partial charge in [-0.1, -0.05) is 6.07 Å². The Labute approximate surface area is 115 Å². The minimum Gasteiger partial charge on any atom is -0.330 e. The summed E-state index contributed by atoms with van der Waals surface area (Å²) in [6, 6.07) is 4.49. The first-order chi connectivity index (χ1) is 9.29. The molecule has 2 nitrogen and oxygen atoms in total. The topological polar surface area (TPSA) is 38.9 Å². The third-order valence-electron chi connectivity index (χ3n) is 5.88. The van der Waals surface area contributed by atoms with Crippen LogP contribution >= 0.6 is 0 Å². The Morgan fingerprint density at radius 2 is 1.74 bits per heavy atom. The van der Waals surface area contributed by atoms with Crippen molar-refractivity contribution in [1.82, 2.24) is 4.98 Å². The molecule has 4 aliphatic rings. The van der Waals surface area contributed by atoms with Crippen LogP contribution in [0.15, 0.2) is 18.3 Å². The first-order valence-corrected chi connectivity index (χ1v) is 7.93. The fourth-order valence-electron chi connectivity index (χ4n) is 5.70. The molecule has 4 fully saturated rings. The average molecular weight is 256 g/mol. The molecule has 0 amide bonds. The van der Waals surface area contributed by atoms with Crippen molar-refractivity contribution in [2.45, 2.75) is 50.4 Å². The van der Waals surface area contributed by atoms with Gasteiger partial charge in [-0.25, -0.2) is 0 Å². The summed E-state index contributed by atoms with van der Waals surface area (Å²) in [5, 5.41) is 0. The summed E-state index contributed by atoms with van der Waals surface area (Å²) in [4.78, 5) is 4.65. The van der Waals surface area contributed by atoms with Crippen LogP contribution in [0.25, 0.3) is 0 Å². The predicted octanol–water partition coefficient (Wildman–Crippen LogP) is 3.05. The van der Waals surface area contributed by atoms with Crippen LogP contribution in [0, 0.1) is 17.8 Å². The van der Waals surface area contributed by atoms with Crippen molar-refractivity contribution in [3.8, 4) is 0 Å². The molecule has 0 radical (unpaired) electrons. The molecule has 2 N–H and O–H groups in total. The lowest BCUT2D eigenvalue weighted by molar-refractivity contribution is -0.00575. The SMILES string of the molecule is NCCc1ncccc1C12CC3CC(CC(C3)C1)C2. The number of nitrogens with zero attached hydrogens (tertiary/aromatic N) is 1. The number of hydrogen-bond donors (Lipinski definition) is 1. The molecule has 4 saturated carbocycles. The summed E-state index contributed by atoms with van der Waals surface area (Å²) in [6.45, 7) is 0.719.